The number of hydrogen-bond acceptors (Lipinski definition) is 3. The van der Waals surface area contributed by atoms with Crippen molar-refractivity contribution in [1.82, 2.24) is 14.5 Å². The second-order valence-electron chi connectivity index (χ2n) is 5.22. The molecule has 0 amide bonds. The van der Waals surface area contributed by atoms with E-state index in [9.17, 15) is 8.78 Å². The van der Waals surface area contributed by atoms with Crippen molar-refractivity contribution >= 4 is 21.6 Å². The van der Waals surface area contributed by atoms with Crippen molar-refractivity contribution in [2.45, 2.75) is 0 Å². The van der Waals surface area contributed by atoms with Gasteiger partial charge in [-0.3, -0.25) is 0 Å². The van der Waals surface area contributed by atoms with Gasteiger partial charge in [0.2, 0.25) is 0 Å². The van der Waals surface area contributed by atoms with E-state index in [-0.39, 0.29) is 0 Å². The van der Waals surface area contributed by atoms with E-state index in [1.165, 1.54) is 12.1 Å². The number of imidazole rings is 1. The second kappa shape index (κ2) is 5.24. The summed E-state index contributed by atoms with van der Waals surface area (Å²) in [4.78, 5) is 8.63. The third-order valence-electron chi connectivity index (χ3n) is 3.73. The van der Waals surface area contributed by atoms with E-state index in [1.54, 1.807) is 23.2 Å². The van der Waals surface area contributed by atoms with E-state index in [0.29, 0.717) is 11.3 Å². The van der Waals surface area contributed by atoms with Crippen LogP contribution in [0, 0.1) is 11.6 Å². The van der Waals surface area contributed by atoms with Crippen molar-refractivity contribution in [3.05, 3.63) is 59.9 Å². The van der Waals surface area contributed by atoms with Gasteiger partial charge in [-0.25, -0.2) is 18.7 Å². The first-order chi connectivity index (χ1) is 11.1. The van der Waals surface area contributed by atoms with E-state index in [2.05, 4.69) is 9.97 Å². The monoisotopic (exact) mass is 327 g/mol. The number of aryl methyl sites for hydroxylation is 1. The Labute approximate surface area is 134 Å². The smallest absolute Gasteiger partial charge is 0.159 e. The summed E-state index contributed by atoms with van der Waals surface area (Å²) in [5, 5.41) is 0. The van der Waals surface area contributed by atoms with Crippen molar-refractivity contribution < 1.29 is 8.78 Å². The van der Waals surface area contributed by atoms with Crippen LogP contribution >= 0.6 is 11.3 Å². The van der Waals surface area contributed by atoms with Crippen LogP contribution in [0.2, 0.25) is 0 Å². The summed E-state index contributed by atoms with van der Waals surface area (Å²) in [7, 11) is 1.88. The van der Waals surface area contributed by atoms with Crippen molar-refractivity contribution in [3.63, 3.8) is 0 Å². The van der Waals surface area contributed by atoms with Gasteiger partial charge in [0.1, 0.15) is 0 Å². The number of fused-ring (bicyclic) bond motifs is 1. The molecular formula is C17H11F2N3S. The molecule has 0 aliphatic rings. The van der Waals surface area contributed by atoms with Gasteiger partial charge in [0.25, 0.3) is 0 Å². The summed E-state index contributed by atoms with van der Waals surface area (Å²) in [5.41, 5.74) is 5.72. The molecule has 2 aromatic heterocycles. The molecule has 0 aliphatic carbocycles. The van der Waals surface area contributed by atoms with Crippen LogP contribution in [0.15, 0.2) is 48.2 Å². The summed E-state index contributed by atoms with van der Waals surface area (Å²) in [6, 6.07) is 9.77. The SMILES string of the molecule is Cn1cnc(-c2ccc(F)c(F)c2)c1-c1ccc2ncsc2c1. The molecule has 0 saturated carbocycles. The Hall–Kier alpha value is -2.60. The topological polar surface area (TPSA) is 30.7 Å². The summed E-state index contributed by atoms with van der Waals surface area (Å²) >= 11 is 1.56. The van der Waals surface area contributed by atoms with E-state index in [4.69, 9.17) is 0 Å². The summed E-state index contributed by atoms with van der Waals surface area (Å²) < 4.78 is 29.7. The molecule has 0 radical (unpaired) electrons. The average molecular weight is 327 g/mol. The molecule has 0 unspecified atom stereocenters. The molecule has 0 fully saturated rings. The van der Waals surface area contributed by atoms with Gasteiger partial charge >= 0.3 is 0 Å². The van der Waals surface area contributed by atoms with Crippen LogP contribution in [0.25, 0.3) is 32.7 Å². The van der Waals surface area contributed by atoms with Gasteiger partial charge in [-0.15, -0.1) is 11.3 Å². The molecule has 0 bridgehead atoms. The number of nitrogens with zero attached hydrogens (tertiary/aromatic N) is 3. The van der Waals surface area contributed by atoms with Gasteiger partial charge in [-0.05, 0) is 30.3 Å². The highest BCUT2D eigenvalue weighted by Crippen LogP contribution is 2.33. The van der Waals surface area contributed by atoms with Crippen LogP contribution in [-0.4, -0.2) is 14.5 Å². The molecule has 4 rings (SSSR count). The lowest BCUT2D eigenvalue weighted by Gasteiger charge is -2.07. The van der Waals surface area contributed by atoms with Crippen LogP contribution in [0.4, 0.5) is 8.78 Å². The zero-order valence-electron chi connectivity index (χ0n) is 12.1. The molecule has 0 saturated heterocycles. The lowest BCUT2D eigenvalue weighted by atomic mass is 10.0. The van der Waals surface area contributed by atoms with Gasteiger partial charge in [0.05, 0.1) is 33.4 Å². The molecular weight excluding hydrogens is 316 g/mol. The van der Waals surface area contributed by atoms with Crippen molar-refractivity contribution in [2.24, 2.45) is 7.05 Å². The van der Waals surface area contributed by atoms with Crippen LogP contribution in [-0.2, 0) is 7.05 Å². The Kier molecular flexibility index (Phi) is 3.20. The minimum atomic E-state index is -0.878. The quantitative estimate of drug-likeness (QED) is 0.537. The maximum atomic E-state index is 13.6. The first kappa shape index (κ1) is 14.0. The first-order valence-electron chi connectivity index (χ1n) is 6.94. The molecule has 3 nitrogen and oxygen atoms in total. The molecule has 0 spiro atoms. The number of benzene rings is 2. The zero-order valence-corrected chi connectivity index (χ0v) is 12.9. The molecule has 0 aliphatic heterocycles. The van der Waals surface area contributed by atoms with Gasteiger partial charge in [-0.1, -0.05) is 6.07 Å². The third-order valence-corrected chi connectivity index (χ3v) is 4.53. The highest BCUT2D eigenvalue weighted by atomic mass is 32.1. The van der Waals surface area contributed by atoms with E-state index < -0.39 is 11.6 Å². The fourth-order valence-corrected chi connectivity index (χ4v) is 3.34. The van der Waals surface area contributed by atoms with Crippen molar-refractivity contribution in [2.75, 3.05) is 0 Å². The number of hydrogen-bond donors (Lipinski definition) is 0. The molecule has 0 N–H and O–H groups in total. The minimum absolute atomic E-state index is 0.545. The molecule has 2 heterocycles. The summed E-state index contributed by atoms with van der Waals surface area (Å²) in [6.07, 6.45) is 1.67. The zero-order chi connectivity index (χ0) is 16.0. The van der Waals surface area contributed by atoms with E-state index in [0.717, 1.165) is 27.5 Å². The lowest BCUT2D eigenvalue weighted by Crippen LogP contribution is -1.92. The summed E-state index contributed by atoms with van der Waals surface area (Å²) in [6.45, 7) is 0. The van der Waals surface area contributed by atoms with Gasteiger partial charge < -0.3 is 4.57 Å². The normalized spacial score (nSPS) is 11.3. The van der Waals surface area contributed by atoms with Crippen LogP contribution in [0.3, 0.4) is 0 Å². The molecule has 4 aromatic rings. The Balaban J connectivity index is 1.91. The highest BCUT2D eigenvalue weighted by molar-refractivity contribution is 7.16. The Morgan fingerprint density at radius 2 is 1.78 bits per heavy atom. The van der Waals surface area contributed by atoms with Crippen LogP contribution in [0.5, 0.6) is 0 Å². The Morgan fingerprint density at radius 3 is 2.61 bits per heavy atom. The van der Waals surface area contributed by atoms with Crippen LogP contribution < -0.4 is 0 Å². The van der Waals surface area contributed by atoms with E-state index in [1.807, 2.05) is 29.8 Å². The average Bonchev–Trinajstić information content (AvgIpc) is 3.15. The Bertz CT molecular complexity index is 1020. The molecule has 114 valence electrons. The minimum Gasteiger partial charge on any atom is -0.333 e. The number of halogens is 2. The summed E-state index contributed by atoms with van der Waals surface area (Å²) in [5.74, 6) is -1.74. The molecule has 6 heteroatoms. The maximum absolute atomic E-state index is 13.6. The molecule has 2 aromatic carbocycles. The molecule has 0 atom stereocenters. The maximum Gasteiger partial charge on any atom is 0.159 e. The van der Waals surface area contributed by atoms with Gasteiger partial charge in [0.15, 0.2) is 11.6 Å². The highest BCUT2D eigenvalue weighted by Gasteiger charge is 2.15. The van der Waals surface area contributed by atoms with E-state index >= 15 is 0 Å². The lowest BCUT2D eigenvalue weighted by molar-refractivity contribution is 0.509. The Morgan fingerprint density at radius 1 is 0.957 bits per heavy atom. The number of rotatable bonds is 2. The number of aromatic nitrogens is 3. The van der Waals surface area contributed by atoms with Crippen molar-refractivity contribution in [1.29, 1.82) is 0 Å². The second-order valence-corrected chi connectivity index (χ2v) is 6.10. The predicted molar refractivity (Wildman–Crippen MR) is 87.2 cm³/mol. The fraction of sp³-hybridized carbons (Fsp3) is 0.0588. The largest absolute Gasteiger partial charge is 0.333 e. The fourth-order valence-electron chi connectivity index (χ4n) is 2.63. The third kappa shape index (κ3) is 2.31. The standard InChI is InChI=1S/C17H11F2N3S/c1-22-8-20-16(10-2-4-12(18)13(19)6-10)17(22)11-3-5-14-15(7-11)23-9-21-14/h2-9H,1H3. The van der Waals surface area contributed by atoms with Gasteiger partial charge in [0, 0.05) is 18.2 Å². The van der Waals surface area contributed by atoms with Crippen molar-refractivity contribution in [3.8, 4) is 22.5 Å². The van der Waals surface area contributed by atoms with Crippen LogP contribution in [0.1, 0.15) is 0 Å². The first-order valence-corrected chi connectivity index (χ1v) is 7.82. The van der Waals surface area contributed by atoms with Gasteiger partial charge in [-0.2, -0.15) is 0 Å². The number of thiazole rings is 1. The molecule has 23 heavy (non-hydrogen) atoms. The predicted octanol–water partition coefficient (Wildman–Crippen LogP) is 4.64.